The zero-order valence-corrected chi connectivity index (χ0v) is 30.5. The molecule has 1 N–H and O–H groups in total. The van der Waals surface area contributed by atoms with Crippen molar-refractivity contribution in [2.24, 2.45) is 5.92 Å². The first-order valence-electron chi connectivity index (χ1n) is 14.7. The number of rotatable bonds is 5. The zero-order chi connectivity index (χ0) is 31.0. The quantitative estimate of drug-likeness (QED) is 0.0837. The number of hydrogen-bond donors (Lipinski definition) is 1. The van der Waals surface area contributed by atoms with Crippen LogP contribution in [0.15, 0.2) is 71.0 Å². The van der Waals surface area contributed by atoms with Gasteiger partial charge in [0.1, 0.15) is 11.2 Å². The van der Waals surface area contributed by atoms with E-state index in [9.17, 15) is 4.79 Å². The zero-order valence-electron chi connectivity index (χ0n) is 27.1. The number of nitrogens with zero attached hydrogens (tertiary/aromatic N) is 1. The molecule has 0 aliphatic rings. The van der Waals surface area contributed by atoms with Gasteiger partial charge in [-0.1, -0.05) is 95.5 Å². The van der Waals surface area contributed by atoms with Crippen LogP contribution in [0, 0.1) is 12.0 Å². The van der Waals surface area contributed by atoms with Crippen molar-refractivity contribution in [3.63, 3.8) is 0 Å². The Morgan fingerprint density at radius 3 is 2.28 bits per heavy atom. The van der Waals surface area contributed by atoms with Gasteiger partial charge in [0.25, 0.3) is 0 Å². The summed E-state index contributed by atoms with van der Waals surface area (Å²) < 4.78 is 6.66. The number of allylic oxidation sites excluding steroid dienone is 2. The van der Waals surface area contributed by atoms with Crippen LogP contribution < -0.4 is 5.19 Å². The van der Waals surface area contributed by atoms with Crippen LogP contribution in [0.2, 0.25) is 19.6 Å². The van der Waals surface area contributed by atoms with Crippen LogP contribution in [-0.2, 0) is 36.7 Å². The Hall–Kier alpha value is -3.05. The molecule has 5 aromatic rings. The number of carbonyl (C=O) groups is 1. The van der Waals surface area contributed by atoms with Crippen LogP contribution in [0.4, 0.5) is 0 Å². The smallest absolute Gasteiger partial charge is 0.155 e. The molecule has 1 radical (unpaired) electrons. The maximum atomic E-state index is 10.0. The minimum atomic E-state index is -1.66. The van der Waals surface area contributed by atoms with Gasteiger partial charge in [-0.2, -0.15) is 0 Å². The molecule has 0 bridgehead atoms. The fourth-order valence-corrected chi connectivity index (χ4v) is 7.75. The third-order valence-corrected chi connectivity index (χ3v) is 9.31. The number of benzene rings is 3. The molecule has 6 heteroatoms. The van der Waals surface area contributed by atoms with Crippen molar-refractivity contribution in [1.82, 2.24) is 4.98 Å². The Balaban J connectivity index is 0.000000567. The summed E-state index contributed by atoms with van der Waals surface area (Å²) >= 11 is 0. The summed E-state index contributed by atoms with van der Waals surface area (Å²) in [7, 11) is -1.66. The normalized spacial score (nSPS) is 12.4. The van der Waals surface area contributed by atoms with E-state index < -0.39 is 8.07 Å². The van der Waals surface area contributed by atoms with Crippen molar-refractivity contribution in [1.29, 1.82) is 0 Å². The van der Waals surface area contributed by atoms with Crippen LogP contribution in [0.5, 0.6) is 0 Å². The third-order valence-electron chi connectivity index (χ3n) is 7.27. The molecule has 0 unspecified atom stereocenters. The molecular weight excluding hydrogens is 727 g/mol. The topological polar surface area (TPSA) is 63.3 Å². The molecule has 5 rings (SSSR count). The van der Waals surface area contributed by atoms with E-state index in [0.29, 0.717) is 5.92 Å². The SMILES string of the molecule is CC(=O)/C=C(/C)O.CC(C)Cc1ccc2c(oc3ccnc(-c4[c-]c5ccccc5c(C(C)(C)C)c4)c32)c1[Si](C)(C)C.[Ir]. The number of aliphatic hydroxyl groups excluding tert-OH is 1. The van der Waals surface area contributed by atoms with Crippen LogP contribution in [0.1, 0.15) is 59.6 Å². The van der Waals surface area contributed by atoms with Gasteiger partial charge in [-0.15, -0.1) is 29.1 Å². The molecule has 0 atom stereocenters. The molecule has 0 fully saturated rings. The largest absolute Gasteiger partial charge is 0.512 e. The van der Waals surface area contributed by atoms with E-state index in [0.717, 1.165) is 39.6 Å². The summed E-state index contributed by atoms with van der Waals surface area (Å²) in [5.41, 5.74) is 6.71. The van der Waals surface area contributed by atoms with Crippen LogP contribution in [0.25, 0.3) is 44.0 Å². The molecule has 2 aromatic heterocycles. The van der Waals surface area contributed by atoms with Gasteiger partial charge in [0.15, 0.2) is 5.78 Å². The van der Waals surface area contributed by atoms with Crippen molar-refractivity contribution in [2.45, 2.75) is 79.9 Å². The summed E-state index contributed by atoms with van der Waals surface area (Å²) in [6, 6.07) is 21.2. The van der Waals surface area contributed by atoms with Gasteiger partial charge in [-0.3, -0.25) is 9.78 Å². The molecule has 0 aliphatic carbocycles. The van der Waals surface area contributed by atoms with Gasteiger partial charge in [0.2, 0.25) is 0 Å². The van der Waals surface area contributed by atoms with E-state index in [1.54, 1.807) is 0 Å². The average Bonchev–Trinajstić information content (AvgIpc) is 3.24. The summed E-state index contributed by atoms with van der Waals surface area (Å²) in [6.07, 6.45) is 4.12. The van der Waals surface area contributed by atoms with Gasteiger partial charge in [-0.05, 0) is 48.4 Å². The first-order chi connectivity index (χ1) is 19.6. The van der Waals surface area contributed by atoms with Crippen LogP contribution in [-0.4, -0.2) is 23.9 Å². The number of carbonyl (C=O) groups excluding carboxylic acids is 1. The number of aliphatic hydroxyl groups is 1. The van der Waals surface area contributed by atoms with Crippen molar-refractivity contribution in [3.05, 3.63) is 83.8 Å². The Morgan fingerprint density at radius 2 is 1.72 bits per heavy atom. The van der Waals surface area contributed by atoms with Gasteiger partial charge in [0.05, 0.1) is 13.8 Å². The number of furan rings is 1. The Bertz CT molecular complexity index is 1800. The van der Waals surface area contributed by atoms with E-state index in [-0.39, 0.29) is 37.1 Å². The summed E-state index contributed by atoms with van der Waals surface area (Å²) in [4.78, 5) is 14.9. The van der Waals surface area contributed by atoms with Crippen molar-refractivity contribution < 1.29 is 34.4 Å². The number of fused-ring (bicyclic) bond motifs is 4. The first-order valence-corrected chi connectivity index (χ1v) is 18.2. The fraction of sp³-hybridized carbons (Fsp3) is 0.351. The van der Waals surface area contributed by atoms with Gasteiger partial charge >= 0.3 is 0 Å². The Morgan fingerprint density at radius 1 is 1.05 bits per heavy atom. The minimum absolute atomic E-state index is 0. The van der Waals surface area contributed by atoms with Gasteiger partial charge in [0, 0.05) is 48.8 Å². The van der Waals surface area contributed by atoms with Crippen molar-refractivity contribution in [3.8, 4) is 11.3 Å². The molecular formula is C37H44IrNO3Si-. The summed E-state index contributed by atoms with van der Waals surface area (Å²) in [5, 5.41) is 14.5. The average molecular weight is 771 g/mol. The number of hydrogen-bond acceptors (Lipinski definition) is 4. The number of ketones is 1. The standard InChI is InChI=1S/C32H36NOSi.C5H8O2.Ir/c1-20(2)17-22-13-14-25-28-27(34-30(25)31(22)35(6,7)8)15-16-33-29(28)23-18-21-11-9-10-12-24(21)26(19-23)32(3,4)5;1-4(6)3-5(2)7;/h9-16,19-20H,17H2,1-8H3;3,6H,1-2H3;/q-1;;/b;4-3-;. The molecule has 0 aliphatic heterocycles. The maximum Gasteiger partial charge on any atom is 0.155 e. The van der Waals surface area contributed by atoms with Gasteiger partial charge in [-0.25, -0.2) is 0 Å². The van der Waals surface area contributed by atoms with E-state index in [4.69, 9.17) is 14.5 Å². The molecule has 0 saturated carbocycles. The van der Waals surface area contributed by atoms with E-state index >= 15 is 0 Å². The van der Waals surface area contributed by atoms with E-state index in [1.165, 1.54) is 47.0 Å². The Labute approximate surface area is 271 Å². The monoisotopic (exact) mass is 771 g/mol. The number of aromatic nitrogens is 1. The predicted molar refractivity (Wildman–Crippen MR) is 181 cm³/mol. The second-order valence-corrected chi connectivity index (χ2v) is 18.7. The molecule has 0 amide bonds. The van der Waals surface area contributed by atoms with Crippen LogP contribution >= 0.6 is 0 Å². The van der Waals surface area contributed by atoms with Crippen molar-refractivity contribution >= 4 is 51.8 Å². The molecule has 3 aromatic carbocycles. The fourth-order valence-electron chi connectivity index (χ4n) is 5.73. The maximum absolute atomic E-state index is 10.0. The number of pyridine rings is 1. The minimum Gasteiger partial charge on any atom is -0.512 e. The molecule has 0 saturated heterocycles. The van der Waals surface area contributed by atoms with Gasteiger partial charge < -0.3 is 9.52 Å². The molecule has 43 heavy (non-hydrogen) atoms. The molecule has 0 spiro atoms. The van der Waals surface area contributed by atoms with E-state index in [1.807, 2.05) is 12.3 Å². The Kier molecular flexibility index (Phi) is 10.6. The first kappa shape index (κ1) is 34.4. The second-order valence-electron chi connectivity index (χ2n) is 13.7. The summed E-state index contributed by atoms with van der Waals surface area (Å²) in [5.74, 6) is 0.541. The summed E-state index contributed by atoms with van der Waals surface area (Å²) in [6.45, 7) is 21.5. The van der Waals surface area contributed by atoms with Crippen LogP contribution in [0.3, 0.4) is 0 Å². The second kappa shape index (κ2) is 13.3. The third kappa shape index (κ3) is 7.73. The predicted octanol–water partition coefficient (Wildman–Crippen LogP) is 9.68. The molecule has 4 nitrogen and oxygen atoms in total. The molecule has 2 heterocycles. The van der Waals surface area contributed by atoms with E-state index in [2.05, 4.69) is 103 Å². The molecule has 229 valence electrons. The van der Waals surface area contributed by atoms with Crippen molar-refractivity contribution in [2.75, 3.05) is 0 Å².